The molecule has 1 amide bonds. The van der Waals surface area contributed by atoms with Crippen LogP contribution in [0, 0.1) is 6.92 Å². The van der Waals surface area contributed by atoms with Gasteiger partial charge in [0.1, 0.15) is 17.9 Å². The van der Waals surface area contributed by atoms with Crippen molar-refractivity contribution in [2.45, 2.75) is 19.8 Å². The molecule has 3 aromatic rings. The first-order chi connectivity index (χ1) is 14.6. The zero-order valence-electron chi connectivity index (χ0n) is 17.1. The van der Waals surface area contributed by atoms with E-state index in [1.807, 2.05) is 54.3 Å². The van der Waals surface area contributed by atoms with Crippen molar-refractivity contribution in [2.24, 2.45) is 5.10 Å². The number of rotatable bonds is 5. The molecule has 0 spiro atoms. The van der Waals surface area contributed by atoms with Crippen LogP contribution in [0.5, 0.6) is 0 Å². The van der Waals surface area contributed by atoms with Crippen molar-refractivity contribution in [3.63, 3.8) is 0 Å². The molecular weight excluding hydrogens is 376 g/mol. The highest BCUT2D eigenvalue weighted by Gasteiger charge is 2.26. The molecule has 0 unspecified atom stereocenters. The molecule has 1 aromatic heterocycles. The lowest BCUT2D eigenvalue weighted by Gasteiger charge is -2.18. The minimum atomic E-state index is 0.105. The molecule has 3 N–H and O–H groups in total. The third-order valence-corrected chi connectivity index (χ3v) is 5.27. The number of hydrogen-bond donors (Lipinski definition) is 2. The molecule has 0 saturated carbocycles. The molecule has 2 heterocycles. The molecule has 0 saturated heterocycles. The molecule has 0 bridgehead atoms. The Kier molecular flexibility index (Phi) is 5.43. The van der Waals surface area contributed by atoms with Gasteiger partial charge in [-0.2, -0.15) is 5.10 Å². The Morgan fingerprint density at radius 1 is 1.20 bits per heavy atom. The lowest BCUT2D eigenvalue weighted by molar-refractivity contribution is -0.117. The number of benzene rings is 2. The number of fused-ring (bicyclic) bond motifs is 1. The number of aromatic nitrogens is 2. The van der Waals surface area contributed by atoms with Gasteiger partial charge in [-0.1, -0.05) is 36.4 Å². The summed E-state index contributed by atoms with van der Waals surface area (Å²) < 4.78 is 0. The monoisotopic (exact) mass is 400 g/mol. The number of nitrogen functional groups attached to an aromatic ring is 1. The topological polar surface area (TPSA) is 96.5 Å². The highest BCUT2D eigenvalue weighted by Crippen LogP contribution is 2.31. The fraction of sp³-hybridized carbons (Fsp3) is 0.217. The molecule has 4 rings (SSSR count). The summed E-state index contributed by atoms with van der Waals surface area (Å²) in [5, 5.41) is 4.45. The van der Waals surface area contributed by atoms with Gasteiger partial charge < -0.3 is 16.1 Å². The average molecular weight is 400 g/mol. The SMILES string of the molecule is CN/N=C(/c1ccc2c(c1)CCN2C(=O)Cc1ccccc1)c1c(C)ncnc1N. The molecule has 0 radical (unpaired) electrons. The molecule has 7 heteroatoms. The number of anilines is 2. The first-order valence-electron chi connectivity index (χ1n) is 9.88. The summed E-state index contributed by atoms with van der Waals surface area (Å²) >= 11 is 0. The number of carbonyl (C=O) groups excluding carboxylic acids is 1. The third kappa shape index (κ3) is 3.74. The normalized spacial score (nSPS) is 13.3. The van der Waals surface area contributed by atoms with E-state index in [0.717, 1.165) is 34.5 Å². The lowest BCUT2D eigenvalue weighted by Crippen LogP contribution is -2.30. The first-order valence-corrected chi connectivity index (χ1v) is 9.88. The fourth-order valence-electron chi connectivity index (χ4n) is 3.84. The second-order valence-corrected chi connectivity index (χ2v) is 7.20. The van der Waals surface area contributed by atoms with Crippen LogP contribution in [-0.4, -0.2) is 35.2 Å². The van der Waals surface area contributed by atoms with Gasteiger partial charge in [0.15, 0.2) is 0 Å². The van der Waals surface area contributed by atoms with Crippen molar-refractivity contribution in [3.05, 3.63) is 82.8 Å². The number of hydrogen-bond acceptors (Lipinski definition) is 6. The first kappa shape index (κ1) is 19.6. The Morgan fingerprint density at radius 2 is 2.00 bits per heavy atom. The van der Waals surface area contributed by atoms with E-state index in [1.165, 1.54) is 6.33 Å². The third-order valence-electron chi connectivity index (χ3n) is 5.27. The number of nitrogens with one attached hydrogen (secondary N) is 1. The molecule has 1 aliphatic heterocycles. The standard InChI is InChI=1S/C23H24N6O/c1-15-21(23(24)27-14-26-15)22(28-25-2)18-8-9-19-17(13-18)10-11-29(19)20(30)12-16-6-4-3-5-7-16/h3-9,13-14,25H,10-12H2,1-2H3,(H2,24,26,27)/b28-22-. The van der Waals surface area contributed by atoms with Crippen LogP contribution < -0.4 is 16.1 Å². The lowest BCUT2D eigenvalue weighted by atomic mass is 9.98. The summed E-state index contributed by atoms with van der Waals surface area (Å²) in [7, 11) is 1.74. The second-order valence-electron chi connectivity index (χ2n) is 7.20. The van der Waals surface area contributed by atoms with Crippen LogP contribution in [0.4, 0.5) is 11.5 Å². The zero-order chi connectivity index (χ0) is 21.1. The van der Waals surface area contributed by atoms with Gasteiger partial charge in [0, 0.05) is 24.8 Å². The molecule has 30 heavy (non-hydrogen) atoms. The van der Waals surface area contributed by atoms with Crippen LogP contribution in [0.25, 0.3) is 0 Å². The van der Waals surface area contributed by atoms with E-state index in [9.17, 15) is 4.79 Å². The van der Waals surface area contributed by atoms with Gasteiger partial charge in [-0.15, -0.1) is 0 Å². The van der Waals surface area contributed by atoms with E-state index in [-0.39, 0.29) is 5.91 Å². The molecule has 0 aliphatic carbocycles. The highest BCUT2D eigenvalue weighted by molar-refractivity contribution is 6.16. The second kappa shape index (κ2) is 8.32. The van der Waals surface area contributed by atoms with Crippen molar-refractivity contribution in [3.8, 4) is 0 Å². The van der Waals surface area contributed by atoms with Crippen LogP contribution in [-0.2, 0) is 17.6 Å². The molecule has 2 aromatic carbocycles. The number of nitrogens with two attached hydrogens (primary N) is 1. The molecule has 1 aliphatic rings. The summed E-state index contributed by atoms with van der Waals surface area (Å²) in [6.45, 7) is 2.56. The van der Waals surface area contributed by atoms with Crippen LogP contribution in [0.1, 0.15) is 27.9 Å². The summed E-state index contributed by atoms with van der Waals surface area (Å²) in [6.07, 6.45) is 2.64. The largest absolute Gasteiger partial charge is 0.383 e. The maximum absolute atomic E-state index is 12.9. The molecule has 0 atom stereocenters. The Balaban J connectivity index is 1.64. The van der Waals surface area contributed by atoms with Gasteiger partial charge in [-0.3, -0.25) is 4.79 Å². The van der Waals surface area contributed by atoms with Gasteiger partial charge in [0.05, 0.1) is 17.7 Å². The van der Waals surface area contributed by atoms with Gasteiger partial charge >= 0.3 is 0 Å². The van der Waals surface area contributed by atoms with Gasteiger partial charge in [-0.05, 0) is 36.6 Å². The van der Waals surface area contributed by atoms with Crippen LogP contribution in [0.2, 0.25) is 0 Å². The molecule has 0 fully saturated rings. The maximum atomic E-state index is 12.9. The number of aryl methyl sites for hydroxylation is 1. The number of amides is 1. The minimum absolute atomic E-state index is 0.105. The fourth-order valence-corrected chi connectivity index (χ4v) is 3.84. The van der Waals surface area contributed by atoms with Crippen molar-refractivity contribution in [1.82, 2.24) is 15.4 Å². The maximum Gasteiger partial charge on any atom is 0.231 e. The van der Waals surface area contributed by atoms with E-state index in [1.54, 1.807) is 7.05 Å². The quantitative estimate of drug-likeness (QED) is 0.507. The molecular formula is C23H24N6O. The Bertz CT molecular complexity index is 1090. The molecule has 7 nitrogen and oxygen atoms in total. The van der Waals surface area contributed by atoms with Gasteiger partial charge in [0.25, 0.3) is 0 Å². The van der Waals surface area contributed by atoms with Crippen molar-refractivity contribution in [1.29, 1.82) is 0 Å². The summed E-state index contributed by atoms with van der Waals surface area (Å²) in [5.74, 6) is 0.491. The van der Waals surface area contributed by atoms with Crippen LogP contribution in [0.15, 0.2) is 60.0 Å². The Hall–Kier alpha value is -3.74. The van der Waals surface area contributed by atoms with Gasteiger partial charge in [-0.25, -0.2) is 9.97 Å². The van der Waals surface area contributed by atoms with Crippen molar-refractivity contribution < 1.29 is 4.79 Å². The smallest absolute Gasteiger partial charge is 0.231 e. The Labute approximate surface area is 175 Å². The van der Waals surface area contributed by atoms with E-state index < -0.39 is 0 Å². The average Bonchev–Trinajstić information content (AvgIpc) is 3.17. The summed E-state index contributed by atoms with van der Waals surface area (Å²) in [6, 6.07) is 15.9. The van der Waals surface area contributed by atoms with E-state index >= 15 is 0 Å². The number of hydrazone groups is 1. The van der Waals surface area contributed by atoms with Crippen molar-refractivity contribution >= 4 is 23.1 Å². The Morgan fingerprint density at radius 3 is 2.73 bits per heavy atom. The van der Waals surface area contributed by atoms with Crippen LogP contribution in [0.3, 0.4) is 0 Å². The number of nitrogens with zero attached hydrogens (tertiary/aromatic N) is 4. The highest BCUT2D eigenvalue weighted by atomic mass is 16.2. The minimum Gasteiger partial charge on any atom is -0.383 e. The summed E-state index contributed by atoms with van der Waals surface area (Å²) in [4.78, 5) is 23.1. The predicted molar refractivity (Wildman–Crippen MR) is 119 cm³/mol. The van der Waals surface area contributed by atoms with Crippen molar-refractivity contribution in [2.75, 3.05) is 24.2 Å². The predicted octanol–water partition coefficient (Wildman–Crippen LogP) is 2.47. The zero-order valence-corrected chi connectivity index (χ0v) is 17.1. The molecule has 152 valence electrons. The number of carbonyl (C=O) groups is 1. The van der Waals surface area contributed by atoms with Gasteiger partial charge in [0.2, 0.25) is 5.91 Å². The van der Waals surface area contributed by atoms with E-state index in [2.05, 4.69) is 26.6 Å². The van der Waals surface area contributed by atoms with E-state index in [0.29, 0.717) is 30.1 Å². The van der Waals surface area contributed by atoms with Crippen LogP contribution >= 0.6 is 0 Å². The summed E-state index contributed by atoms with van der Waals surface area (Å²) in [5.41, 5.74) is 15.1. The van der Waals surface area contributed by atoms with E-state index in [4.69, 9.17) is 5.73 Å².